The Morgan fingerprint density at radius 1 is 1.65 bits per heavy atom. The number of nitrogens with two attached hydrogens (primary N) is 1. The van der Waals surface area contributed by atoms with E-state index in [2.05, 4.69) is 4.98 Å². The molecule has 1 fully saturated rings. The molecular weight excluding hydrogens is 305 g/mol. The van der Waals surface area contributed by atoms with Crippen molar-refractivity contribution in [2.75, 3.05) is 18.9 Å². The van der Waals surface area contributed by atoms with Crippen LogP contribution in [0.4, 0.5) is 10.2 Å². The number of aromatic nitrogens is 2. The van der Waals surface area contributed by atoms with Crippen molar-refractivity contribution in [3.63, 3.8) is 0 Å². The van der Waals surface area contributed by atoms with Crippen LogP contribution in [-0.4, -0.2) is 44.8 Å². The van der Waals surface area contributed by atoms with Gasteiger partial charge >= 0.3 is 5.69 Å². The summed E-state index contributed by atoms with van der Waals surface area (Å²) in [5.41, 5.74) is 1.72. The standard InChI is InChI=1S/C15H24FN3O4/c1-3-4-6-14(2,8-20)15(22)9-23-12(11(15)16)19-7-5-10(17)18-13(19)21/h5,7,11-12,20,22H,3-4,6,8-9H2,1-2H3,(H2,17,18,21)/t11-,12+,14?,15-/m0/s1. The fraction of sp³-hybridized carbons (Fsp3) is 0.733. The molecule has 4 atom stereocenters. The van der Waals surface area contributed by atoms with Crippen LogP contribution in [0, 0.1) is 5.41 Å². The van der Waals surface area contributed by atoms with E-state index < -0.39 is 29.1 Å². The number of aliphatic hydroxyl groups excluding tert-OH is 1. The molecule has 1 aromatic heterocycles. The maximum absolute atomic E-state index is 15.0. The molecule has 0 spiro atoms. The molecule has 0 radical (unpaired) electrons. The van der Waals surface area contributed by atoms with Crippen molar-refractivity contribution in [2.24, 2.45) is 5.41 Å². The Morgan fingerprint density at radius 2 is 2.35 bits per heavy atom. The average Bonchev–Trinajstić information content (AvgIpc) is 2.82. The van der Waals surface area contributed by atoms with Gasteiger partial charge in [0.25, 0.3) is 0 Å². The highest BCUT2D eigenvalue weighted by Gasteiger charge is 2.60. The van der Waals surface area contributed by atoms with Gasteiger partial charge < -0.3 is 20.7 Å². The maximum atomic E-state index is 15.0. The van der Waals surface area contributed by atoms with Crippen molar-refractivity contribution < 1.29 is 19.3 Å². The number of rotatable bonds is 6. The second-order valence-electron chi connectivity index (χ2n) is 6.39. The molecule has 4 N–H and O–H groups in total. The van der Waals surface area contributed by atoms with Gasteiger partial charge in [0.05, 0.1) is 13.2 Å². The number of nitrogens with zero attached hydrogens (tertiary/aromatic N) is 2. The number of hydrogen-bond donors (Lipinski definition) is 3. The molecule has 2 rings (SSSR count). The van der Waals surface area contributed by atoms with Crippen molar-refractivity contribution in [1.29, 1.82) is 0 Å². The van der Waals surface area contributed by atoms with Gasteiger partial charge in [0, 0.05) is 11.6 Å². The molecule has 1 aliphatic rings. The molecule has 2 heterocycles. The van der Waals surface area contributed by atoms with Crippen LogP contribution in [0.5, 0.6) is 0 Å². The predicted molar refractivity (Wildman–Crippen MR) is 82.5 cm³/mol. The van der Waals surface area contributed by atoms with Gasteiger partial charge in [-0.25, -0.2) is 9.18 Å². The fourth-order valence-electron chi connectivity index (χ4n) is 2.96. The summed E-state index contributed by atoms with van der Waals surface area (Å²) in [7, 11) is 0. The first-order valence-electron chi connectivity index (χ1n) is 7.72. The first-order valence-corrected chi connectivity index (χ1v) is 7.72. The average molecular weight is 329 g/mol. The number of alkyl halides is 1. The Bertz CT molecular complexity index is 611. The molecule has 1 unspecified atom stereocenters. The van der Waals surface area contributed by atoms with Gasteiger partial charge in [-0.2, -0.15) is 4.98 Å². The Labute approximate surface area is 133 Å². The summed E-state index contributed by atoms with van der Waals surface area (Å²) >= 11 is 0. The molecular formula is C15H24FN3O4. The van der Waals surface area contributed by atoms with Crippen molar-refractivity contribution in [3.05, 3.63) is 22.7 Å². The van der Waals surface area contributed by atoms with E-state index in [0.29, 0.717) is 6.42 Å². The highest BCUT2D eigenvalue weighted by atomic mass is 19.1. The predicted octanol–water partition coefficient (Wildman–Crippen LogP) is 0.612. The summed E-state index contributed by atoms with van der Waals surface area (Å²) in [4.78, 5) is 15.4. The summed E-state index contributed by atoms with van der Waals surface area (Å²) in [5.74, 6) is 0.0260. The number of anilines is 1. The molecule has 23 heavy (non-hydrogen) atoms. The van der Waals surface area contributed by atoms with E-state index in [1.807, 2.05) is 6.92 Å². The third-order valence-corrected chi connectivity index (χ3v) is 4.78. The molecule has 130 valence electrons. The minimum Gasteiger partial charge on any atom is -0.396 e. The number of hydrogen-bond acceptors (Lipinski definition) is 6. The van der Waals surface area contributed by atoms with Crippen LogP contribution < -0.4 is 11.4 Å². The van der Waals surface area contributed by atoms with E-state index in [1.165, 1.54) is 12.3 Å². The molecule has 0 aromatic carbocycles. The molecule has 1 aliphatic heterocycles. The van der Waals surface area contributed by atoms with E-state index in [4.69, 9.17) is 10.5 Å². The van der Waals surface area contributed by atoms with E-state index in [-0.39, 0.29) is 19.0 Å². The highest BCUT2D eigenvalue weighted by Crippen LogP contribution is 2.47. The van der Waals surface area contributed by atoms with E-state index >= 15 is 4.39 Å². The van der Waals surface area contributed by atoms with Crippen molar-refractivity contribution in [1.82, 2.24) is 9.55 Å². The van der Waals surface area contributed by atoms with Crippen LogP contribution in [0.25, 0.3) is 0 Å². The number of halogens is 1. The van der Waals surface area contributed by atoms with Gasteiger partial charge in [-0.05, 0) is 12.5 Å². The van der Waals surface area contributed by atoms with Crippen molar-refractivity contribution in [3.8, 4) is 0 Å². The second-order valence-corrected chi connectivity index (χ2v) is 6.39. The van der Waals surface area contributed by atoms with Gasteiger partial charge in [-0.15, -0.1) is 0 Å². The van der Waals surface area contributed by atoms with Crippen molar-refractivity contribution in [2.45, 2.75) is 51.1 Å². The molecule has 0 bridgehead atoms. The summed E-state index contributed by atoms with van der Waals surface area (Å²) in [5, 5.41) is 20.6. The van der Waals surface area contributed by atoms with Gasteiger partial charge in [0.15, 0.2) is 12.4 Å². The quantitative estimate of drug-likeness (QED) is 0.705. The summed E-state index contributed by atoms with van der Waals surface area (Å²) < 4.78 is 21.3. The lowest BCUT2D eigenvalue weighted by atomic mass is 9.69. The number of nitrogen functional groups attached to an aromatic ring is 1. The fourth-order valence-corrected chi connectivity index (χ4v) is 2.96. The van der Waals surface area contributed by atoms with Gasteiger partial charge in [-0.1, -0.05) is 26.7 Å². The lowest BCUT2D eigenvalue weighted by Crippen LogP contribution is -2.56. The first kappa shape index (κ1) is 17.8. The van der Waals surface area contributed by atoms with Crippen LogP contribution in [0.15, 0.2) is 17.1 Å². The van der Waals surface area contributed by atoms with E-state index in [1.54, 1.807) is 6.92 Å². The number of unbranched alkanes of at least 4 members (excludes halogenated alkanes) is 1. The van der Waals surface area contributed by atoms with Crippen LogP contribution in [-0.2, 0) is 4.74 Å². The Balaban J connectivity index is 2.32. The highest BCUT2D eigenvalue weighted by molar-refractivity contribution is 5.23. The third kappa shape index (κ3) is 2.98. The Morgan fingerprint density at radius 3 is 2.91 bits per heavy atom. The Hall–Kier alpha value is -1.51. The summed E-state index contributed by atoms with van der Waals surface area (Å²) in [6, 6.07) is 1.36. The lowest BCUT2D eigenvalue weighted by Gasteiger charge is -2.42. The molecule has 8 heteroatoms. The molecule has 0 saturated carbocycles. The first-order chi connectivity index (χ1) is 10.8. The molecule has 1 saturated heterocycles. The minimum absolute atomic E-state index is 0.0260. The van der Waals surface area contributed by atoms with Gasteiger partial charge in [0.2, 0.25) is 0 Å². The van der Waals surface area contributed by atoms with E-state index in [0.717, 1.165) is 17.4 Å². The van der Waals surface area contributed by atoms with Crippen molar-refractivity contribution >= 4 is 5.82 Å². The lowest BCUT2D eigenvalue weighted by molar-refractivity contribution is -0.134. The number of ether oxygens (including phenoxy) is 1. The second kappa shape index (κ2) is 6.54. The third-order valence-electron chi connectivity index (χ3n) is 4.78. The van der Waals surface area contributed by atoms with Gasteiger partial charge in [0.1, 0.15) is 11.4 Å². The molecule has 0 aliphatic carbocycles. The van der Waals surface area contributed by atoms with Crippen LogP contribution in [0.2, 0.25) is 0 Å². The largest absolute Gasteiger partial charge is 0.396 e. The summed E-state index contributed by atoms with van der Waals surface area (Å²) in [6.07, 6.45) is 0.152. The van der Waals surface area contributed by atoms with Crippen LogP contribution in [0.3, 0.4) is 0 Å². The molecule has 1 aromatic rings. The monoisotopic (exact) mass is 329 g/mol. The smallest absolute Gasteiger partial charge is 0.351 e. The maximum Gasteiger partial charge on any atom is 0.351 e. The summed E-state index contributed by atoms with van der Waals surface area (Å²) in [6.45, 7) is 2.92. The topological polar surface area (TPSA) is 111 Å². The zero-order valence-corrected chi connectivity index (χ0v) is 13.4. The normalized spacial score (nSPS) is 30.3. The van der Waals surface area contributed by atoms with Crippen LogP contribution >= 0.6 is 0 Å². The number of aliphatic hydroxyl groups is 2. The Kier molecular flexibility index (Phi) is 5.07. The zero-order chi connectivity index (χ0) is 17.3. The molecule has 0 amide bonds. The van der Waals surface area contributed by atoms with Crippen LogP contribution in [0.1, 0.15) is 39.3 Å². The minimum atomic E-state index is -1.89. The van der Waals surface area contributed by atoms with E-state index in [9.17, 15) is 15.0 Å². The molecule has 7 nitrogen and oxygen atoms in total. The zero-order valence-electron chi connectivity index (χ0n) is 13.4. The van der Waals surface area contributed by atoms with Gasteiger partial charge in [-0.3, -0.25) is 4.57 Å². The SMILES string of the molecule is CCCCC(C)(CO)[C@]1(O)CO[C@@H](n2ccc(N)nc2=O)[C@@H]1F.